The third-order valence-corrected chi connectivity index (χ3v) is 2.61. The zero-order valence-electron chi connectivity index (χ0n) is 6.75. The molecule has 1 N–H and O–H groups in total. The number of hydrogen-bond acceptors (Lipinski definition) is 2. The summed E-state index contributed by atoms with van der Waals surface area (Å²) in [7, 11) is 0. The minimum absolute atomic E-state index is 0.196. The molecular formula is C8H14NO2. The van der Waals surface area contributed by atoms with Crippen molar-refractivity contribution in [2.45, 2.75) is 50.7 Å². The van der Waals surface area contributed by atoms with Crippen LogP contribution in [-0.2, 0) is 9.84 Å². The predicted molar refractivity (Wildman–Crippen MR) is 39.6 cm³/mol. The minimum Gasteiger partial charge on any atom is -0.345 e. The summed E-state index contributed by atoms with van der Waals surface area (Å²) in [6, 6.07) is 1.10. The summed E-state index contributed by atoms with van der Waals surface area (Å²) in [6.45, 7) is 1.56. The van der Waals surface area contributed by atoms with Gasteiger partial charge in [-0.05, 0) is 26.2 Å². The van der Waals surface area contributed by atoms with E-state index in [1.165, 1.54) is 12.8 Å². The number of nitrogens with one attached hydrogen (secondary N) is 1. The van der Waals surface area contributed by atoms with E-state index in [0.717, 1.165) is 6.42 Å². The van der Waals surface area contributed by atoms with Crippen molar-refractivity contribution in [3.05, 3.63) is 0 Å². The van der Waals surface area contributed by atoms with E-state index in [9.17, 15) is 5.11 Å². The zero-order chi connectivity index (χ0) is 7.84. The van der Waals surface area contributed by atoms with Gasteiger partial charge in [0.05, 0.1) is 6.10 Å². The second-order valence-corrected chi connectivity index (χ2v) is 3.53. The Morgan fingerprint density at radius 1 is 1.55 bits per heavy atom. The van der Waals surface area contributed by atoms with Crippen LogP contribution in [0.2, 0.25) is 0 Å². The second kappa shape index (κ2) is 2.73. The van der Waals surface area contributed by atoms with Gasteiger partial charge in [0.2, 0.25) is 0 Å². The molecule has 2 heterocycles. The van der Waals surface area contributed by atoms with Gasteiger partial charge in [-0.2, -0.15) is 0 Å². The summed E-state index contributed by atoms with van der Waals surface area (Å²) in [6.07, 6.45) is 2.82. The third kappa shape index (κ3) is 1.41. The second-order valence-electron chi connectivity index (χ2n) is 3.53. The largest absolute Gasteiger partial charge is 0.345 e. The fourth-order valence-corrected chi connectivity index (χ4v) is 2.17. The smallest absolute Gasteiger partial charge is 0.188 e. The van der Waals surface area contributed by atoms with Crippen molar-refractivity contribution < 1.29 is 9.84 Å². The zero-order valence-corrected chi connectivity index (χ0v) is 6.75. The molecule has 0 aliphatic carbocycles. The molecule has 0 aromatic heterocycles. The Balaban J connectivity index is 1.87. The van der Waals surface area contributed by atoms with E-state index in [1.54, 1.807) is 6.92 Å². The first-order valence-electron chi connectivity index (χ1n) is 4.33. The topological polar surface area (TPSA) is 41.2 Å². The molecule has 2 aliphatic heterocycles. The standard InChI is InChI=1S/C8H14NO2/c1-5(10)11-8-4-6-2-3-7(8)9-6/h5-9H,2-4H2,1H3. The van der Waals surface area contributed by atoms with Crippen LogP contribution in [0.25, 0.3) is 0 Å². The van der Waals surface area contributed by atoms with Gasteiger partial charge in [0.15, 0.2) is 6.29 Å². The maximum absolute atomic E-state index is 10.7. The molecule has 3 heteroatoms. The number of fused-ring (bicyclic) bond motifs is 2. The molecule has 0 aromatic carbocycles. The fraction of sp³-hybridized carbons (Fsp3) is 1.00. The van der Waals surface area contributed by atoms with Crippen LogP contribution in [0.4, 0.5) is 0 Å². The molecule has 0 spiro atoms. The maximum atomic E-state index is 10.7. The Bertz CT molecular complexity index is 149. The molecule has 4 atom stereocenters. The Morgan fingerprint density at radius 2 is 2.36 bits per heavy atom. The molecule has 1 radical (unpaired) electrons. The maximum Gasteiger partial charge on any atom is 0.188 e. The van der Waals surface area contributed by atoms with E-state index < -0.39 is 6.29 Å². The van der Waals surface area contributed by atoms with Crippen LogP contribution >= 0.6 is 0 Å². The van der Waals surface area contributed by atoms with Crippen LogP contribution < -0.4 is 5.32 Å². The van der Waals surface area contributed by atoms with Gasteiger partial charge in [0.1, 0.15) is 0 Å². The lowest BCUT2D eigenvalue weighted by molar-refractivity contribution is -0.162. The van der Waals surface area contributed by atoms with Gasteiger partial charge in [0.25, 0.3) is 0 Å². The van der Waals surface area contributed by atoms with Crippen molar-refractivity contribution in [3.8, 4) is 0 Å². The molecule has 2 rings (SSSR count). The van der Waals surface area contributed by atoms with Crippen molar-refractivity contribution in [2.75, 3.05) is 0 Å². The lowest BCUT2D eigenvalue weighted by atomic mass is 9.98. The summed E-state index contributed by atoms with van der Waals surface area (Å²) in [4.78, 5) is 0. The van der Waals surface area contributed by atoms with E-state index >= 15 is 0 Å². The van der Waals surface area contributed by atoms with Crippen LogP contribution in [0, 0.1) is 0 Å². The van der Waals surface area contributed by atoms with Crippen LogP contribution in [0.1, 0.15) is 26.2 Å². The van der Waals surface area contributed by atoms with Gasteiger partial charge < -0.3 is 10.1 Å². The highest BCUT2D eigenvalue weighted by Gasteiger charge is 2.40. The van der Waals surface area contributed by atoms with Crippen LogP contribution in [0.3, 0.4) is 0 Å². The van der Waals surface area contributed by atoms with Crippen LogP contribution in [0.5, 0.6) is 0 Å². The molecular weight excluding hydrogens is 142 g/mol. The predicted octanol–water partition coefficient (Wildman–Crippen LogP) is 0.672. The normalized spacial score (nSPS) is 44.7. The monoisotopic (exact) mass is 156 g/mol. The van der Waals surface area contributed by atoms with E-state index in [4.69, 9.17) is 4.74 Å². The van der Waals surface area contributed by atoms with Gasteiger partial charge in [-0.25, -0.2) is 5.11 Å². The Morgan fingerprint density at radius 3 is 2.82 bits per heavy atom. The Kier molecular flexibility index (Phi) is 1.87. The van der Waals surface area contributed by atoms with Crippen LogP contribution in [-0.4, -0.2) is 24.5 Å². The SMILES string of the molecule is CC([O])OC1CC2CCC1N2. The molecule has 2 saturated heterocycles. The van der Waals surface area contributed by atoms with Crippen molar-refractivity contribution in [1.29, 1.82) is 0 Å². The van der Waals surface area contributed by atoms with Gasteiger partial charge >= 0.3 is 0 Å². The average molecular weight is 156 g/mol. The van der Waals surface area contributed by atoms with Crippen molar-refractivity contribution in [3.63, 3.8) is 0 Å². The van der Waals surface area contributed by atoms with E-state index in [1.807, 2.05) is 0 Å². The van der Waals surface area contributed by atoms with Gasteiger partial charge in [0, 0.05) is 12.1 Å². The Labute approximate surface area is 66.7 Å². The first kappa shape index (κ1) is 7.53. The van der Waals surface area contributed by atoms with Crippen molar-refractivity contribution in [1.82, 2.24) is 5.32 Å². The lowest BCUT2D eigenvalue weighted by Gasteiger charge is -2.21. The van der Waals surface area contributed by atoms with Crippen molar-refractivity contribution >= 4 is 0 Å². The summed E-state index contributed by atoms with van der Waals surface area (Å²) < 4.78 is 5.23. The number of ether oxygens (including phenoxy) is 1. The third-order valence-electron chi connectivity index (χ3n) is 2.61. The Hall–Kier alpha value is -0.120. The molecule has 0 saturated carbocycles. The fourth-order valence-electron chi connectivity index (χ4n) is 2.17. The number of rotatable bonds is 2. The average Bonchev–Trinajstić information content (AvgIpc) is 2.45. The van der Waals surface area contributed by atoms with Crippen molar-refractivity contribution in [2.24, 2.45) is 0 Å². The quantitative estimate of drug-likeness (QED) is 0.597. The van der Waals surface area contributed by atoms with E-state index in [2.05, 4.69) is 5.32 Å². The molecule has 2 aliphatic rings. The summed E-state index contributed by atoms with van der Waals surface area (Å²) in [5, 5.41) is 14.1. The van der Waals surface area contributed by atoms with Gasteiger partial charge in [-0.15, -0.1) is 0 Å². The highest BCUT2D eigenvalue weighted by molar-refractivity contribution is 4.98. The summed E-state index contributed by atoms with van der Waals surface area (Å²) in [5.41, 5.74) is 0. The minimum atomic E-state index is -0.860. The van der Waals surface area contributed by atoms with E-state index in [0.29, 0.717) is 12.1 Å². The molecule has 63 valence electrons. The van der Waals surface area contributed by atoms with Gasteiger partial charge in [-0.3, -0.25) is 0 Å². The van der Waals surface area contributed by atoms with E-state index in [-0.39, 0.29) is 6.10 Å². The highest BCUT2D eigenvalue weighted by atomic mass is 16.6. The first-order chi connectivity index (χ1) is 5.25. The van der Waals surface area contributed by atoms with Crippen LogP contribution in [0.15, 0.2) is 0 Å². The highest BCUT2D eigenvalue weighted by Crippen LogP contribution is 2.30. The molecule has 4 unspecified atom stereocenters. The molecule has 3 nitrogen and oxygen atoms in total. The van der Waals surface area contributed by atoms with Gasteiger partial charge in [-0.1, -0.05) is 0 Å². The number of hydrogen-bond donors (Lipinski definition) is 1. The molecule has 0 aromatic rings. The molecule has 2 bridgehead atoms. The molecule has 2 fully saturated rings. The summed E-state index contributed by atoms with van der Waals surface area (Å²) >= 11 is 0. The lowest BCUT2D eigenvalue weighted by Crippen LogP contribution is -2.31. The summed E-state index contributed by atoms with van der Waals surface area (Å²) in [5.74, 6) is 0. The molecule has 0 amide bonds. The first-order valence-corrected chi connectivity index (χ1v) is 4.33. The molecule has 11 heavy (non-hydrogen) atoms.